The number of anilines is 1. The van der Waals surface area contributed by atoms with Crippen molar-refractivity contribution < 1.29 is 14.3 Å². The summed E-state index contributed by atoms with van der Waals surface area (Å²) in [5, 5.41) is 6.84. The summed E-state index contributed by atoms with van der Waals surface area (Å²) >= 11 is 1.60. The van der Waals surface area contributed by atoms with Gasteiger partial charge in [0.25, 0.3) is 0 Å². The van der Waals surface area contributed by atoms with Gasteiger partial charge in [-0.25, -0.2) is 0 Å². The average molecular weight is 417 g/mol. The molecular formula is C23H32N2O3S. The minimum absolute atomic E-state index is 0.183. The number of nitrogens with zero attached hydrogens (tertiary/aromatic N) is 1. The van der Waals surface area contributed by atoms with E-state index < -0.39 is 0 Å². The summed E-state index contributed by atoms with van der Waals surface area (Å²) in [6, 6.07) is 8.39. The number of hydrogen-bond acceptors (Lipinski definition) is 5. The maximum Gasteiger partial charge on any atom is 0.248 e. The molecule has 29 heavy (non-hydrogen) atoms. The molecule has 1 amide bonds. The molecule has 2 aromatic rings. The van der Waals surface area contributed by atoms with Gasteiger partial charge in [-0.2, -0.15) is 11.3 Å². The molecule has 0 aliphatic rings. The molecule has 0 spiro atoms. The van der Waals surface area contributed by atoms with Crippen molar-refractivity contribution in [1.82, 2.24) is 4.90 Å². The lowest BCUT2D eigenvalue weighted by Gasteiger charge is -2.30. The van der Waals surface area contributed by atoms with Gasteiger partial charge in [-0.15, -0.1) is 0 Å². The number of amides is 1. The van der Waals surface area contributed by atoms with Crippen LogP contribution in [0.25, 0.3) is 6.08 Å². The van der Waals surface area contributed by atoms with E-state index in [0.29, 0.717) is 35.9 Å². The van der Waals surface area contributed by atoms with E-state index in [-0.39, 0.29) is 5.91 Å². The predicted molar refractivity (Wildman–Crippen MR) is 122 cm³/mol. The first kappa shape index (κ1) is 23.0. The monoisotopic (exact) mass is 416 g/mol. The predicted octanol–water partition coefficient (Wildman–Crippen LogP) is 5.30. The van der Waals surface area contributed by atoms with Gasteiger partial charge in [0, 0.05) is 36.5 Å². The van der Waals surface area contributed by atoms with Crippen molar-refractivity contribution in [3.8, 4) is 11.5 Å². The highest BCUT2D eigenvalue weighted by Gasteiger charge is 2.13. The summed E-state index contributed by atoms with van der Waals surface area (Å²) in [6.45, 7) is 10.4. The van der Waals surface area contributed by atoms with Gasteiger partial charge in [-0.3, -0.25) is 9.69 Å². The molecule has 0 bridgehead atoms. The molecule has 1 N–H and O–H groups in total. The first-order chi connectivity index (χ1) is 13.9. The van der Waals surface area contributed by atoms with Gasteiger partial charge >= 0.3 is 0 Å². The largest absolute Gasteiger partial charge is 0.493 e. The number of carbonyl (C=O) groups is 1. The quantitative estimate of drug-likeness (QED) is 0.399. The van der Waals surface area contributed by atoms with Crippen LogP contribution in [-0.4, -0.2) is 43.2 Å². The van der Waals surface area contributed by atoms with Crippen molar-refractivity contribution in [3.05, 3.63) is 46.7 Å². The van der Waals surface area contributed by atoms with Crippen LogP contribution in [0.5, 0.6) is 11.5 Å². The fourth-order valence-electron chi connectivity index (χ4n) is 3.13. The standard InChI is InChI=1S/C23H32N2O3S/c1-17(2)25(18(3)4)12-6-13-28-22-15-20(8-9-21(22)27-5)24-23(26)10-7-19-11-14-29-16-19/h7-11,14-18H,6,12-13H2,1-5H3,(H,24,26). The van der Waals surface area contributed by atoms with Crippen LogP contribution >= 0.6 is 11.3 Å². The van der Waals surface area contributed by atoms with Crippen molar-refractivity contribution in [2.45, 2.75) is 46.2 Å². The minimum atomic E-state index is -0.183. The third kappa shape index (κ3) is 7.55. The summed E-state index contributed by atoms with van der Waals surface area (Å²) in [6.07, 6.45) is 4.24. The van der Waals surface area contributed by atoms with E-state index in [4.69, 9.17) is 9.47 Å². The van der Waals surface area contributed by atoms with Gasteiger partial charge in [0.05, 0.1) is 13.7 Å². The second-order valence-electron chi connectivity index (χ2n) is 7.37. The van der Waals surface area contributed by atoms with E-state index in [0.717, 1.165) is 18.5 Å². The first-order valence-electron chi connectivity index (χ1n) is 9.98. The van der Waals surface area contributed by atoms with Crippen LogP contribution in [0.15, 0.2) is 41.1 Å². The summed E-state index contributed by atoms with van der Waals surface area (Å²) < 4.78 is 11.4. The van der Waals surface area contributed by atoms with Crippen LogP contribution in [0.4, 0.5) is 5.69 Å². The molecule has 0 aliphatic heterocycles. The molecule has 1 aromatic heterocycles. The number of nitrogens with one attached hydrogen (secondary N) is 1. The van der Waals surface area contributed by atoms with Gasteiger partial charge in [0.1, 0.15) is 0 Å². The van der Waals surface area contributed by atoms with Gasteiger partial charge in [0.2, 0.25) is 5.91 Å². The topological polar surface area (TPSA) is 50.8 Å². The molecule has 0 radical (unpaired) electrons. The summed E-state index contributed by atoms with van der Waals surface area (Å²) in [5.74, 6) is 1.10. The Labute approximate surface area is 178 Å². The molecule has 1 aromatic carbocycles. The van der Waals surface area contributed by atoms with Crippen LogP contribution < -0.4 is 14.8 Å². The van der Waals surface area contributed by atoms with Gasteiger partial charge in [-0.1, -0.05) is 0 Å². The third-order valence-electron chi connectivity index (χ3n) is 4.55. The van der Waals surface area contributed by atoms with E-state index in [1.807, 2.05) is 22.9 Å². The normalized spacial score (nSPS) is 11.6. The highest BCUT2D eigenvalue weighted by Crippen LogP contribution is 2.30. The number of benzene rings is 1. The van der Waals surface area contributed by atoms with E-state index in [1.54, 1.807) is 36.7 Å². The Hall–Kier alpha value is -2.31. The van der Waals surface area contributed by atoms with Crippen LogP contribution in [0, 0.1) is 0 Å². The lowest BCUT2D eigenvalue weighted by molar-refractivity contribution is -0.111. The molecule has 0 fully saturated rings. The Morgan fingerprint density at radius 2 is 1.93 bits per heavy atom. The summed E-state index contributed by atoms with van der Waals surface area (Å²) in [7, 11) is 1.61. The maximum absolute atomic E-state index is 12.2. The fourth-order valence-corrected chi connectivity index (χ4v) is 3.76. The van der Waals surface area contributed by atoms with Gasteiger partial charge < -0.3 is 14.8 Å². The number of hydrogen-bond donors (Lipinski definition) is 1. The van der Waals surface area contributed by atoms with E-state index >= 15 is 0 Å². The second kappa shape index (κ2) is 11.6. The Kier molecular flexibility index (Phi) is 9.22. The number of ether oxygens (including phenoxy) is 2. The number of rotatable bonds is 11. The van der Waals surface area contributed by atoms with Crippen molar-refractivity contribution >= 4 is 29.0 Å². The molecule has 0 atom stereocenters. The average Bonchev–Trinajstić information content (AvgIpc) is 3.19. The zero-order valence-electron chi connectivity index (χ0n) is 18.0. The number of methoxy groups -OCH3 is 1. The van der Waals surface area contributed by atoms with Gasteiger partial charge in [-0.05, 0) is 74.7 Å². The third-order valence-corrected chi connectivity index (χ3v) is 5.25. The molecular weight excluding hydrogens is 384 g/mol. The molecule has 0 unspecified atom stereocenters. The molecule has 0 aliphatic carbocycles. The lowest BCUT2D eigenvalue weighted by Crippen LogP contribution is -2.38. The minimum Gasteiger partial charge on any atom is -0.493 e. The van der Waals surface area contributed by atoms with E-state index in [1.165, 1.54) is 6.08 Å². The van der Waals surface area contributed by atoms with Gasteiger partial charge in [0.15, 0.2) is 11.5 Å². The number of carbonyl (C=O) groups excluding carboxylic acids is 1. The zero-order valence-corrected chi connectivity index (χ0v) is 18.8. The summed E-state index contributed by atoms with van der Waals surface area (Å²) in [5.41, 5.74) is 1.69. The maximum atomic E-state index is 12.2. The van der Waals surface area contributed by atoms with Crippen LogP contribution in [-0.2, 0) is 4.79 Å². The lowest BCUT2D eigenvalue weighted by atomic mass is 10.2. The van der Waals surface area contributed by atoms with Crippen molar-refractivity contribution in [3.63, 3.8) is 0 Å². The molecule has 0 saturated heterocycles. The molecule has 158 valence electrons. The van der Waals surface area contributed by atoms with Crippen LogP contribution in [0.1, 0.15) is 39.7 Å². The van der Waals surface area contributed by atoms with Crippen LogP contribution in [0.2, 0.25) is 0 Å². The Bertz CT molecular complexity index is 777. The zero-order chi connectivity index (χ0) is 21.2. The van der Waals surface area contributed by atoms with Crippen molar-refractivity contribution in [2.24, 2.45) is 0 Å². The van der Waals surface area contributed by atoms with E-state index in [2.05, 4.69) is 37.9 Å². The second-order valence-corrected chi connectivity index (χ2v) is 8.15. The Morgan fingerprint density at radius 3 is 2.55 bits per heavy atom. The molecule has 0 saturated carbocycles. The highest BCUT2D eigenvalue weighted by molar-refractivity contribution is 7.08. The van der Waals surface area contributed by atoms with Crippen molar-refractivity contribution in [2.75, 3.05) is 25.6 Å². The van der Waals surface area contributed by atoms with Crippen LogP contribution in [0.3, 0.4) is 0 Å². The summed E-state index contributed by atoms with van der Waals surface area (Å²) in [4.78, 5) is 14.6. The highest BCUT2D eigenvalue weighted by atomic mass is 32.1. The molecule has 6 heteroatoms. The molecule has 2 rings (SSSR count). The fraction of sp³-hybridized carbons (Fsp3) is 0.435. The molecule has 5 nitrogen and oxygen atoms in total. The van der Waals surface area contributed by atoms with Crippen molar-refractivity contribution in [1.29, 1.82) is 0 Å². The Morgan fingerprint density at radius 1 is 1.17 bits per heavy atom. The first-order valence-corrected chi connectivity index (χ1v) is 10.9. The SMILES string of the molecule is COc1ccc(NC(=O)C=Cc2ccsc2)cc1OCCCN(C(C)C)C(C)C. The number of thiophene rings is 1. The molecule has 1 heterocycles. The Balaban J connectivity index is 1.93. The smallest absolute Gasteiger partial charge is 0.248 e. The van der Waals surface area contributed by atoms with E-state index in [9.17, 15) is 4.79 Å².